The average Bonchev–Trinajstić information content (AvgIpc) is 3.07. The third-order valence-corrected chi connectivity index (χ3v) is 4.46. The highest BCUT2D eigenvalue weighted by atomic mass is 32.1. The normalized spacial score (nSPS) is 19.3. The van der Waals surface area contributed by atoms with E-state index in [9.17, 15) is 4.79 Å². The number of nitrogens with zero attached hydrogens (tertiary/aromatic N) is 4. The molecule has 1 saturated heterocycles. The van der Waals surface area contributed by atoms with Crippen LogP contribution < -0.4 is 5.32 Å². The zero-order valence-corrected chi connectivity index (χ0v) is 12.4. The van der Waals surface area contributed by atoms with Crippen LogP contribution in [0.25, 0.3) is 10.6 Å². The summed E-state index contributed by atoms with van der Waals surface area (Å²) in [6.45, 7) is 4.51. The lowest BCUT2D eigenvalue weighted by Gasteiger charge is -2.33. The number of thiazole rings is 1. The molecule has 1 aliphatic rings. The van der Waals surface area contributed by atoms with Crippen molar-refractivity contribution >= 4 is 17.2 Å². The first-order valence-corrected chi connectivity index (χ1v) is 7.43. The summed E-state index contributed by atoms with van der Waals surface area (Å²) in [5.74, 6) is 0.0756. The maximum atomic E-state index is 12.5. The summed E-state index contributed by atoms with van der Waals surface area (Å²) in [7, 11) is 1.87. The quantitative estimate of drug-likeness (QED) is 0.896. The van der Waals surface area contributed by atoms with Crippen molar-refractivity contribution in [1.82, 2.24) is 25.0 Å². The van der Waals surface area contributed by atoms with E-state index in [1.54, 1.807) is 17.1 Å². The van der Waals surface area contributed by atoms with Gasteiger partial charge < -0.3 is 10.2 Å². The molecule has 1 atom stereocenters. The molecule has 1 unspecified atom stereocenters. The molecular formula is C13H17N5OS. The van der Waals surface area contributed by atoms with E-state index in [4.69, 9.17) is 0 Å². The van der Waals surface area contributed by atoms with Crippen molar-refractivity contribution in [3.63, 3.8) is 0 Å². The largest absolute Gasteiger partial charge is 0.333 e. The van der Waals surface area contributed by atoms with E-state index in [-0.39, 0.29) is 11.9 Å². The lowest BCUT2D eigenvalue weighted by Crippen LogP contribution is -2.52. The Morgan fingerprint density at radius 1 is 1.50 bits per heavy atom. The number of carbonyl (C=O) groups excluding carboxylic acids is 1. The SMILES string of the molecule is CC1CNCCN1C(=O)c1cnc(-c2cnn(C)c2)s1. The first kappa shape index (κ1) is 13.3. The summed E-state index contributed by atoms with van der Waals surface area (Å²) >= 11 is 1.43. The fourth-order valence-corrected chi connectivity index (χ4v) is 3.17. The molecule has 2 aromatic rings. The van der Waals surface area contributed by atoms with Gasteiger partial charge in [0, 0.05) is 44.5 Å². The van der Waals surface area contributed by atoms with E-state index in [0.29, 0.717) is 4.88 Å². The predicted octanol–water partition coefficient (Wildman–Crippen LogP) is 0.977. The molecule has 0 saturated carbocycles. The summed E-state index contributed by atoms with van der Waals surface area (Å²) in [5.41, 5.74) is 0.949. The molecule has 7 heteroatoms. The van der Waals surface area contributed by atoms with Crippen LogP contribution in [0.1, 0.15) is 16.6 Å². The maximum absolute atomic E-state index is 12.5. The molecule has 1 aliphatic heterocycles. The molecule has 106 valence electrons. The average molecular weight is 291 g/mol. The Kier molecular flexibility index (Phi) is 3.54. The van der Waals surface area contributed by atoms with Crippen LogP contribution in [0.5, 0.6) is 0 Å². The number of carbonyl (C=O) groups is 1. The van der Waals surface area contributed by atoms with E-state index in [0.717, 1.165) is 30.2 Å². The number of amides is 1. The summed E-state index contributed by atoms with van der Waals surface area (Å²) in [5, 5.41) is 8.25. The Morgan fingerprint density at radius 3 is 3.05 bits per heavy atom. The number of hydrogen-bond acceptors (Lipinski definition) is 5. The van der Waals surface area contributed by atoms with Crippen LogP contribution in [0.3, 0.4) is 0 Å². The van der Waals surface area contributed by atoms with Gasteiger partial charge in [-0.15, -0.1) is 11.3 Å². The van der Waals surface area contributed by atoms with Crippen molar-refractivity contribution in [1.29, 1.82) is 0 Å². The molecule has 1 fully saturated rings. The zero-order valence-electron chi connectivity index (χ0n) is 11.5. The highest BCUT2D eigenvalue weighted by molar-refractivity contribution is 7.16. The number of nitrogens with one attached hydrogen (secondary N) is 1. The van der Waals surface area contributed by atoms with Gasteiger partial charge in [0.25, 0.3) is 5.91 Å². The minimum absolute atomic E-state index is 0.0756. The van der Waals surface area contributed by atoms with Crippen molar-refractivity contribution in [3.05, 3.63) is 23.5 Å². The molecule has 0 aliphatic carbocycles. The molecule has 3 heterocycles. The van der Waals surface area contributed by atoms with Crippen molar-refractivity contribution in [2.75, 3.05) is 19.6 Å². The molecule has 20 heavy (non-hydrogen) atoms. The van der Waals surface area contributed by atoms with Gasteiger partial charge in [0.05, 0.1) is 12.4 Å². The van der Waals surface area contributed by atoms with E-state index in [1.165, 1.54) is 11.3 Å². The number of rotatable bonds is 2. The highest BCUT2D eigenvalue weighted by Crippen LogP contribution is 2.26. The maximum Gasteiger partial charge on any atom is 0.265 e. The van der Waals surface area contributed by atoms with Crippen molar-refractivity contribution in [2.24, 2.45) is 7.05 Å². The summed E-state index contributed by atoms with van der Waals surface area (Å²) < 4.78 is 1.73. The van der Waals surface area contributed by atoms with Crippen molar-refractivity contribution in [2.45, 2.75) is 13.0 Å². The standard InChI is InChI=1S/C13H17N5OS/c1-9-5-14-3-4-18(9)13(19)11-7-15-12(20-11)10-6-16-17(2)8-10/h6-9,14H,3-5H2,1-2H3. The van der Waals surface area contributed by atoms with Crippen molar-refractivity contribution < 1.29 is 4.79 Å². The minimum Gasteiger partial charge on any atom is -0.333 e. The molecule has 2 aromatic heterocycles. The van der Waals surface area contributed by atoms with Gasteiger partial charge in [-0.3, -0.25) is 9.48 Å². The van der Waals surface area contributed by atoms with Gasteiger partial charge in [0.15, 0.2) is 0 Å². The lowest BCUT2D eigenvalue weighted by atomic mass is 10.2. The van der Waals surface area contributed by atoms with E-state index in [1.807, 2.05) is 18.1 Å². The third-order valence-electron chi connectivity index (χ3n) is 3.43. The fourth-order valence-electron chi connectivity index (χ4n) is 2.32. The first-order valence-electron chi connectivity index (χ1n) is 6.61. The number of aromatic nitrogens is 3. The van der Waals surface area contributed by atoms with Gasteiger partial charge in [-0.25, -0.2) is 4.98 Å². The topological polar surface area (TPSA) is 63.1 Å². The van der Waals surface area contributed by atoms with E-state index < -0.39 is 0 Å². The van der Waals surface area contributed by atoms with Crippen LogP contribution in [0.15, 0.2) is 18.6 Å². The second-order valence-electron chi connectivity index (χ2n) is 4.98. The van der Waals surface area contributed by atoms with Crippen LogP contribution in [-0.2, 0) is 7.05 Å². The molecular weight excluding hydrogens is 274 g/mol. The van der Waals surface area contributed by atoms with Gasteiger partial charge in [0.1, 0.15) is 9.88 Å². The predicted molar refractivity (Wildman–Crippen MR) is 77.7 cm³/mol. The fraction of sp³-hybridized carbons (Fsp3) is 0.462. The lowest BCUT2D eigenvalue weighted by molar-refractivity contribution is 0.0660. The Bertz CT molecular complexity index is 620. The molecule has 0 radical (unpaired) electrons. The molecule has 6 nitrogen and oxygen atoms in total. The molecule has 1 amide bonds. The zero-order chi connectivity index (χ0) is 14.1. The van der Waals surface area contributed by atoms with E-state index in [2.05, 4.69) is 22.3 Å². The Balaban J connectivity index is 1.81. The highest BCUT2D eigenvalue weighted by Gasteiger charge is 2.25. The van der Waals surface area contributed by atoms with Crippen LogP contribution >= 0.6 is 11.3 Å². The van der Waals surface area contributed by atoms with Crippen LogP contribution in [0.4, 0.5) is 0 Å². The number of piperazine rings is 1. The Hall–Kier alpha value is -1.73. The van der Waals surface area contributed by atoms with Gasteiger partial charge in [-0.2, -0.15) is 5.10 Å². The van der Waals surface area contributed by atoms with Gasteiger partial charge in [-0.05, 0) is 6.92 Å². The molecule has 3 rings (SSSR count). The number of aryl methyl sites for hydroxylation is 1. The van der Waals surface area contributed by atoms with Gasteiger partial charge in [-0.1, -0.05) is 0 Å². The summed E-state index contributed by atoms with van der Waals surface area (Å²) in [6.07, 6.45) is 5.34. The minimum atomic E-state index is 0.0756. The number of hydrogen-bond donors (Lipinski definition) is 1. The Morgan fingerprint density at radius 2 is 2.35 bits per heavy atom. The monoisotopic (exact) mass is 291 g/mol. The molecule has 0 aromatic carbocycles. The first-order chi connectivity index (χ1) is 9.65. The molecule has 0 bridgehead atoms. The van der Waals surface area contributed by atoms with Gasteiger partial charge >= 0.3 is 0 Å². The molecule has 1 N–H and O–H groups in total. The second kappa shape index (κ2) is 5.34. The summed E-state index contributed by atoms with van der Waals surface area (Å²) in [4.78, 5) is 19.5. The smallest absolute Gasteiger partial charge is 0.265 e. The van der Waals surface area contributed by atoms with Crippen LogP contribution in [0, 0.1) is 0 Å². The molecule has 0 spiro atoms. The Labute approximate surface area is 121 Å². The van der Waals surface area contributed by atoms with Gasteiger partial charge in [0.2, 0.25) is 0 Å². The van der Waals surface area contributed by atoms with Crippen LogP contribution in [0.2, 0.25) is 0 Å². The third kappa shape index (κ3) is 2.46. The van der Waals surface area contributed by atoms with Crippen LogP contribution in [-0.4, -0.2) is 51.2 Å². The summed E-state index contributed by atoms with van der Waals surface area (Å²) in [6, 6.07) is 0.222. The van der Waals surface area contributed by atoms with Crippen molar-refractivity contribution in [3.8, 4) is 10.6 Å². The second-order valence-corrected chi connectivity index (χ2v) is 6.01. The van der Waals surface area contributed by atoms with E-state index >= 15 is 0 Å².